The summed E-state index contributed by atoms with van der Waals surface area (Å²) in [4.78, 5) is 2.45. The van der Waals surface area contributed by atoms with Gasteiger partial charge in [-0.05, 0) is 26.3 Å². The number of nitrogens with zero attached hydrogens (tertiary/aromatic N) is 2. The van der Waals surface area contributed by atoms with E-state index in [-0.39, 0.29) is 18.3 Å². The Bertz CT molecular complexity index is 358. The fraction of sp³-hybridized carbons (Fsp3) is 1.00. The van der Waals surface area contributed by atoms with E-state index in [2.05, 4.69) is 4.90 Å². The van der Waals surface area contributed by atoms with Crippen molar-refractivity contribution < 1.29 is 8.42 Å². The van der Waals surface area contributed by atoms with Crippen molar-refractivity contribution in [2.45, 2.75) is 38.3 Å². The summed E-state index contributed by atoms with van der Waals surface area (Å²) in [6, 6.07) is 0.508. The van der Waals surface area contributed by atoms with Crippen LogP contribution >= 0.6 is 0 Å². The lowest BCUT2D eigenvalue weighted by molar-refractivity contribution is 0.0565. The number of sulfonamides is 1. The highest BCUT2D eigenvalue weighted by Crippen LogP contribution is 2.25. The van der Waals surface area contributed by atoms with E-state index >= 15 is 0 Å². The molecule has 2 atom stereocenters. The van der Waals surface area contributed by atoms with Crippen molar-refractivity contribution in [3.8, 4) is 0 Å². The number of piperidine rings is 1. The first kappa shape index (κ1) is 13.3. The third-order valence-electron chi connectivity index (χ3n) is 3.86. The van der Waals surface area contributed by atoms with Gasteiger partial charge in [0.2, 0.25) is 10.0 Å². The predicted molar refractivity (Wildman–Crippen MR) is 68.2 cm³/mol. The van der Waals surface area contributed by atoms with Gasteiger partial charge in [0.1, 0.15) is 0 Å². The molecule has 0 aromatic rings. The van der Waals surface area contributed by atoms with Gasteiger partial charge in [-0.15, -0.1) is 0 Å². The highest BCUT2D eigenvalue weighted by atomic mass is 32.2. The van der Waals surface area contributed by atoms with E-state index in [1.807, 2.05) is 6.92 Å². The first-order chi connectivity index (χ1) is 8.04. The average molecular weight is 261 g/mol. The van der Waals surface area contributed by atoms with Crippen molar-refractivity contribution in [2.75, 3.05) is 31.9 Å². The maximum absolute atomic E-state index is 12.1. The van der Waals surface area contributed by atoms with Crippen LogP contribution in [0.3, 0.4) is 0 Å². The number of piperazine rings is 1. The zero-order chi connectivity index (χ0) is 12.5. The summed E-state index contributed by atoms with van der Waals surface area (Å²) in [7, 11) is -3.15. The molecule has 2 unspecified atom stereocenters. The molecule has 2 N–H and O–H groups in total. The number of hydrogen-bond acceptors (Lipinski definition) is 4. The molecule has 5 nitrogen and oxygen atoms in total. The van der Waals surface area contributed by atoms with Crippen LogP contribution in [0.4, 0.5) is 0 Å². The summed E-state index contributed by atoms with van der Waals surface area (Å²) in [6.07, 6.45) is 3.60. The van der Waals surface area contributed by atoms with Crippen molar-refractivity contribution in [3.63, 3.8) is 0 Å². The smallest absolute Gasteiger partial charge is 0.215 e. The lowest BCUT2D eigenvalue weighted by Gasteiger charge is -2.46. The summed E-state index contributed by atoms with van der Waals surface area (Å²) < 4.78 is 25.9. The molecule has 2 heterocycles. The van der Waals surface area contributed by atoms with E-state index in [1.54, 1.807) is 4.31 Å². The number of nitrogens with two attached hydrogens (primary N) is 1. The molecule has 0 amide bonds. The summed E-state index contributed by atoms with van der Waals surface area (Å²) in [5, 5.41) is 0. The first-order valence-corrected chi connectivity index (χ1v) is 8.09. The third kappa shape index (κ3) is 2.81. The molecule has 2 aliphatic heterocycles. The Labute approximate surface area is 104 Å². The first-order valence-electron chi connectivity index (χ1n) is 6.48. The maximum atomic E-state index is 12.1. The second-order valence-corrected chi connectivity index (χ2v) is 7.21. The minimum atomic E-state index is -3.15. The van der Waals surface area contributed by atoms with Crippen molar-refractivity contribution in [1.29, 1.82) is 0 Å². The van der Waals surface area contributed by atoms with Crippen LogP contribution < -0.4 is 5.73 Å². The Morgan fingerprint density at radius 1 is 1.29 bits per heavy atom. The van der Waals surface area contributed by atoms with E-state index < -0.39 is 10.0 Å². The van der Waals surface area contributed by atoms with Gasteiger partial charge in [-0.25, -0.2) is 8.42 Å². The van der Waals surface area contributed by atoms with E-state index in [4.69, 9.17) is 5.73 Å². The fourth-order valence-electron chi connectivity index (χ4n) is 2.98. The Kier molecular flexibility index (Phi) is 4.07. The molecule has 100 valence electrons. The molecule has 0 bridgehead atoms. The molecule has 0 aliphatic carbocycles. The van der Waals surface area contributed by atoms with Crippen LogP contribution in [-0.4, -0.2) is 61.6 Å². The molecule has 2 fully saturated rings. The Morgan fingerprint density at radius 3 is 2.76 bits per heavy atom. The van der Waals surface area contributed by atoms with Gasteiger partial charge in [-0.1, -0.05) is 6.42 Å². The Balaban J connectivity index is 2.09. The molecular formula is C11H23N3O2S. The van der Waals surface area contributed by atoms with E-state index in [0.717, 1.165) is 19.5 Å². The Hall–Kier alpha value is -0.170. The minimum absolute atomic E-state index is 0.0735. The molecule has 0 spiro atoms. The number of fused-ring (bicyclic) bond motifs is 1. The quantitative estimate of drug-likeness (QED) is 0.766. The molecule has 0 aromatic heterocycles. The van der Waals surface area contributed by atoms with Gasteiger partial charge < -0.3 is 5.73 Å². The van der Waals surface area contributed by atoms with Crippen molar-refractivity contribution in [1.82, 2.24) is 9.21 Å². The zero-order valence-electron chi connectivity index (χ0n) is 10.5. The molecule has 2 saturated heterocycles. The van der Waals surface area contributed by atoms with Gasteiger partial charge in [-0.2, -0.15) is 4.31 Å². The topological polar surface area (TPSA) is 66.6 Å². The molecule has 0 saturated carbocycles. The average Bonchev–Trinajstić information content (AvgIpc) is 2.27. The Morgan fingerprint density at radius 2 is 2.06 bits per heavy atom. The molecule has 0 aromatic carbocycles. The fourth-order valence-corrected chi connectivity index (χ4v) is 4.53. The van der Waals surface area contributed by atoms with Gasteiger partial charge >= 0.3 is 0 Å². The van der Waals surface area contributed by atoms with Crippen LogP contribution in [0.25, 0.3) is 0 Å². The van der Waals surface area contributed by atoms with Crippen LogP contribution in [0.1, 0.15) is 26.2 Å². The largest absolute Gasteiger partial charge is 0.329 e. The van der Waals surface area contributed by atoms with Crippen LogP contribution in [0, 0.1) is 0 Å². The summed E-state index contributed by atoms with van der Waals surface area (Å²) in [5.74, 6) is 0.0735. The molecule has 0 radical (unpaired) electrons. The van der Waals surface area contributed by atoms with Crippen LogP contribution in [-0.2, 0) is 10.0 Å². The normalized spacial score (nSPS) is 32.4. The second kappa shape index (κ2) is 5.22. The van der Waals surface area contributed by atoms with Crippen molar-refractivity contribution in [3.05, 3.63) is 0 Å². The van der Waals surface area contributed by atoms with Gasteiger partial charge in [0.05, 0.1) is 5.75 Å². The highest BCUT2D eigenvalue weighted by molar-refractivity contribution is 7.89. The molecule has 17 heavy (non-hydrogen) atoms. The second-order valence-electron chi connectivity index (χ2n) is 5.17. The van der Waals surface area contributed by atoms with Gasteiger partial charge in [0.15, 0.2) is 0 Å². The summed E-state index contributed by atoms with van der Waals surface area (Å²) >= 11 is 0. The summed E-state index contributed by atoms with van der Waals surface area (Å²) in [5.41, 5.74) is 5.38. The van der Waals surface area contributed by atoms with Crippen LogP contribution in [0.15, 0.2) is 0 Å². The lowest BCUT2D eigenvalue weighted by Crippen LogP contribution is -2.60. The molecule has 2 aliphatic rings. The maximum Gasteiger partial charge on any atom is 0.215 e. The monoisotopic (exact) mass is 261 g/mol. The standard InChI is InChI=1S/C11H23N3O2S/c1-10-8-13-6-3-2-4-11(13)9-14(10)17(15,16)7-5-12/h10-11H,2-9,12H2,1H3. The van der Waals surface area contributed by atoms with Crippen molar-refractivity contribution >= 4 is 10.0 Å². The SMILES string of the molecule is CC1CN2CCCCC2CN1S(=O)(=O)CCN. The van der Waals surface area contributed by atoms with Gasteiger partial charge in [0.25, 0.3) is 0 Å². The van der Waals surface area contributed by atoms with Gasteiger partial charge in [0, 0.05) is 31.7 Å². The number of rotatable bonds is 3. The van der Waals surface area contributed by atoms with Crippen molar-refractivity contribution in [2.24, 2.45) is 5.73 Å². The van der Waals surface area contributed by atoms with E-state index in [1.165, 1.54) is 12.8 Å². The zero-order valence-corrected chi connectivity index (χ0v) is 11.3. The third-order valence-corrected chi connectivity index (χ3v) is 5.84. The number of hydrogen-bond donors (Lipinski definition) is 1. The summed E-state index contributed by atoms with van der Waals surface area (Å²) in [6.45, 7) is 4.86. The lowest BCUT2D eigenvalue weighted by atomic mass is 9.99. The highest BCUT2D eigenvalue weighted by Gasteiger charge is 2.38. The molecule has 2 rings (SSSR count). The van der Waals surface area contributed by atoms with Crippen LogP contribution in [0.5, 0.6) is 0 Å². The van der Waals surface area contributed by atoms with Gasteiger partial charge in [-0.3, -0.25) is 4.90 Å². The molecular weight excluding hydrogens is 238 g/mol. The van der Waals surface area contributed by atoms with Crippen LogP contribution in [0.2, 0.25) is 0 Å². The van der Waals surface area contributed by atoms with E-state index in [9.17, 15) is 8.42 Å². The minimum Gasteiger partial charge on any atom is -0.329 e. The predicted octanol–water partition coefficient (Wildman–Crippen LogP) is -0.166. The van der Waals surface area contributed by atoms with E-state index in [0.29, 0.717) is 12.6 Å². The molecule has 6 heteroatoms.